The zero-order valence-electron chi connectivity index (χ0n) is 19.5. The van der Waals surface area contributed by atoms with E-state index in [1.54, 1.807) is 0 Å². The third kappa shape index (κ3) is 23.9. The van der Waals surface area contributed by atoms with Gasteiger partial charge in [-0.1, -0.05) is 90.4 Å². The Bertz CT molecular complexity index is 288. The second kappa shape index (κ2) is 23.1. The molecular formula is C24H52N2O2. The molecular weight excluding hydrogens is 348 g/mol. The maximum absolute atomic E-state index is 9.88. The topological polar surface area (TPSA) is 44.7 Å². The number of nitrogens with one attached hydrogen (secondary N) is 1. The lowest BCUT2D eigenvalue weighted by molar-refractivity contribution is 0.0354. The molecule has 0 bridgehead atoms. The summed E-state index contributed by atoms with van der Waals surface area (Å²) in [4.78, 5) is 2.18. The third-order valence-corrected chi connectivity index (χ3v) is 5.29. The predicted molar refractivity (Wildman–Crippen MR) is 123 cm³/mol. The van der Waals surface area contributed by atoms with Gasteiger partial charge in [0.25, 0.3) is 0 Å². The Hall–Kier alpha value is -0.160. The molecule has 0 fully saturated rings. The number of nitrogens with zero attached hydrogens (tertiary/aromatic N) is 1. The van der Waals surface area contributed by atoms with Crippen molar-refractivity contribution < 1.29 is 9.84 Å². The van der Waals surface area contributed by atoms with Crippen LogP contribution in [0, 0.1) is 0 Å². The molecule has 0 spiro atoms. The average molecular weight is 401 g/mol. The van der Waals surface area contributed by atoms with E-state index in [9.17, 15) is 5.11 Å². The van der Waals surface area contributed by atoms with Crippen LogP contribution in [0.4, 0.5) is 0 Å². The van der Waals surface area contributed by atoms with E-state index in [1.807, 2.05) is 0 Å². The number of hydrogen-bond donors (Lipinski definition) is 2. The minimum atomic E-state index is -0.383. The van der Waals surface area contributed by atoms with Crippen LogP contribution in [-0.2, 0) is 4.74 Å². The highest BCUT2D eigenvalue weighted by Crippen LogP contribution is 2.12. The van der Waals surface area contributed by atoms with Crippen LogP contribution in [0.3, 0.4) is 0 Å². The second-order valence-electron chi connectivity index (χ2n) is 8.69. The van der Waals surface area contributed by atoms with Crippen molar-refractivity contribution in [3.05, 3.63) is 0 Å². The highest BCUT2D eigenvalue weighted by atomic mass is 16.5. The summed E-state index contributed by atoms with van der Waals surface area (Å²) < 4.78 is 5.60. The highest BCUT2D eigenvalue weighted by molar-refractivity contribution is 4.59. The summed E-state index contributed by atoms with van der Waals surface area (Å²) in [6, 6.07) is 0. The zero-order chi connectivity index (χ0) is 20.7. The molecule has 0 heterocycles. The summed E-state index contributed by atoms with van der Waals surface area (Å²) in [5.41, 5.74) is 0. The average Bonchev–Trinajstić information content (AvgIpc) is 2.67. The van der Waals surface area contributed by atoms with Crippen LogP contribution in [0.1, 0.15) is 103 Å². The first-order chi connectivity index (χ1) is 13.7. The van der Waals surface area contributed by atoms with E-state index in [1.165, 1.54) is 83.5 Å². The lowest BCUT2D eigenvalue weighted by Crippen LogP contribution is -2.32. The summed E-state index contributed by atoms with van der Waals surface area (Å²) in [7, 11) is 4.17. The van der Waals surface area contributed by atoms with Gasteiger partial charge in [0.2, 0.25) is 0 Å². The fraction of sp³-hybridized carbons (Fsp3) is 1.00. The molecule has 0 aliphatic carbocycles. The summed E-state index contributed by atoms with van der Waals surface area (Å²) in [5.74, 6) is 0. The van der Waals surface area contributed by atoms with E-state index in [0.29, 0.717) is 13.2 Å². The van der Waals surface area contributed by atoms with Crippen molar-refractivity contribution in [3.8, 4) is 0 Å². The lowest BCUT2D eigenvalue weighted by Gasteiger charge is -2.13. The second-order valence-corrected chi connectivity index (χ2v) is 8.69. The minimum Gasteiger partial charge on any atom is -0.389 e. The van der Waals surface area contributed by atoms with Gasteiger partial charge in [0, 0.05) is 13.2 Å². The van der Waals surface area contributed by atoms with E-state index in [4.69, 9.17) is 4.74 Å². The Morgan fingerprint density at radius 2 is 1.25 bits per heavy atom. The Morgan fingerprint density at radius 1 is 0.750 bits per heavy atom. The number of aliphatic hydroxyl groups is 1. The van der Waals surface area contributed by atoms with Crippen molar-refractivity contribution >= 4 is 0 Å². The quantitative estimate of drug-likeness (QED) is 0.226. The van der Waals surface area contributed by atoms with Gasteiger partial charge >= 0.3 is 0 Å². The van der Waals surface area contributed by atoms with Gasteiger partial charge < -0.3 is 20.1 Å². The Kier molecular flexibility index (Phi) is 23.0. The van der Waals surface area contributed by atoms with Crippen LogP contribution in [0.2, 0.25) is 0 Å². The van der Waals surface area contributed by atoms with Gasteiger partial charge in [-0.3, -0.25) is 0 Å². The molecule has 0 aromatic carbocycles. The van der Waals surface area contributed by atoms with Crippen LogP contribution in [0.5, 0.6) is 0 Å². The molecule has 170 valence electrons. The SMILES string of the molecule is CCCCCCCCCCCCCCCCOCC(O)CNCCCN(C)C. The molecule has 0 aliphatic heterocycles. The third-order valence-electron chi connectivity index (χ3n) is 5.29. The first kappa shape index (κ1) is 27.8. The molecule has 0 radical (unpaired) electrons. The smallest absolute Gasteiger partial charge is 0.0897 e. The van der Waals surface area contributed by atoms with Gasteiger partial charge in [-0.2, -0.15) is 0 Å². The molecule has 0 amide bonds. The Labute approximate surface area is 176 Å². The van der Waals surface area contributed by atoms with Crippen LogP contribution in [0.15, 0.2) is 0 Å². The molecule has 28 heavy (non-hydrogen) atoms. The van der Waals surface area contributed by atoms with Crippen LogP contribution in [0.25, 0.3) is 0 Å². The first-order valence-corrected chi connectivity index (χ1v) is 12.3. The maximum Gasteiger partial charge on any atom is 0.0897 e. The van der Waals surface area contributed by atoms with Gasteiger partial charge in [0.1, 0.15) is 0 Å². The van der Waals surface area contributed by atoms with Gasteiger partial charge in [0.05, 0.1) is 12.7 Å². The van der Waals surface area contributed by atoms with E-state index in [0.717, 1.165) is 32.5 Å². The van der Waals surface area contributed by atoms with Crippen molar-refractivity contribution in [1.82, 2.24) is 10.2 Å². The van der Waals surface area contributed by atoms with Gasteiger partial charge in [-0.25, -0.2) is 0 Å². The fourth-order valence-corrected chi connectivity index (χ4v) is 3.47. The fourth-order valence-electron chi connectivity index (χ4n) is 3.47. The van der Waals surface area contributed by atoms with Crippen molar-refractivity contribution in [2.24, 2.45) is 0 Å². The number of hydrogen-bond acceptors (Lipinski definition) is 4. The minimum absolute atomic E-state index is 0.383. The molecule has 1 unspecified atom stereocenters. The Morgan fingerprint density at radius 3 is 1.75 bits per heavy atom. The highest BCUT2D eigenvalue weighted by Gasteiger charge is 2.03. The lowest BCUT2D eigenvalue weighted by atomic mass is 10.0. The van der Waals surface area contributed by atoms with Crippen molar-refractivity contribution in [1.29, 1.82) is 0 Å². The summed E-state index contributed by atoms with van der Waals surface area (Å²) >= 11 is 0. The van der Waals surface area contributed by atoms with Crippen molar-refractivity contribution in [3.63, 3.8) is 0 Å². The number of unbranched alkanes of at least 4 members (excludes halogenated alkanes) is 13. The normalized spacial score (nSPS) is 12.8. The van der Waals surface area contributed by atoms with Crippen LogP contribution >= 0.6 is 0 Å². The van der Waals surface area contributed by atoms with Crippen LogP contribution < -0.4 is 5.32 Å². The van der Waals surface area contributed by atoms with Gasteiger partial charge in [0.15, 0.2) is 0 Å². The molecule has 2 N–H and O–H groups in total. The van der Waals surface area contributed by atoms with Crippen molar-refractivity contribution in [2.75, 3.05) is 46.9 Å². The molecule has 0 aliphatic rings. The zero-order valence-corrected chi connectivity index (χ0v) is 19.5. The molecule has 4 heteroatoms. The molecule has 0 aromatic heterocycles. The molecule has 0 aromatic rings. The Balaban J connectivity index is 3.11. The van der Waals surface area contributed by atoms with Crippen LogP contribution in [-0.4, -0.2) is 63.1 Å². The molecule has 0 saturated carbocycles. The van der Waals surface area contributed by atoms with Gasteiger partial charge in [-0.05, 0) is 40.0 Å². The summed E-state index contributed by atoms with van der Waals surface area (Å²) in [5, 5.41) is 13.2. The van der Waals surface area contributed by atoms with E-state index in [-0.39, 0.29) is 6.10 Å². The summed E-state index contributed by atoms with van der Waals surface area (Å²) in [6.07, 6.45) is 20.0. The molecule has 1 atom stereocenters. The standard InChI is InChI=1S/C24H52N2O2/c1-4-5-6-7-8-9-10-11-12-13-14-15-16-17-21-28-23-24(27)22-25-19-18-20-26(2)3/h24-25,27H,4-23H2,1-3H3. The number of ether oxygens (including phenoxy) is 1. The van der Waals surface area contributed by atoms with Crippen molar-refractivity contribution in [2.45, 2.75) is 109 Å². The summed E-state index contributed by atoms with van der Waals surface area (Å²) in [6.45, 7) is 6.19. The van der Waals surface area contributed by atoms with E-state index < -0.39 is 0 Å². The number of aliphatic hydroxyl groups excluding tert-OH is 1. The first-order valence-electron chi connectivity index (χ1n) is 12.3. The monoisotopic (exact) mass is 400 g/mol. The maximum atomic E-state index is 9.88. The van der Waals surface area contributed by atoms with E-state index >= 15 is 0 Å². The molecule has 4 nitrogen and oxygen atoms in total. The van der Waals surface area contributed by atoms with E-state index in [2.05, 4.69) is 31.2 Å². The largest absolute Gasteiger partial charge is 0.389 e. The number of rotatable bonds is 23. The van der Waals surface area contributed by atoms with Gasteiger partial charge in [-0.15, -0.1) is 0 Å². The predicted octanol–water partition coefficient (Wildman–Crippen LogP) is 5.39. The molecule has 0 rings (SSSR count). The molecule has 0 saturated heterocycles.